The highest BCUT2D eigenvalue weighted by Crippen LogP contribution is 2.21. The van der Waals surface area contributed by atoms with Gasteiger partial charge in [0.1, 0.15) is 5.75 Å². The summed E-state index contributed by atoms with van der Waals surface area (Å²) in [6.07, 6.45) is 1.04. The summed E-state index contributed by atoms with van der Waals surface area (Å²) < 4.78 is 26.5. The van der Waals surface area contributed by atoms with E-state index < -0.39 is 9.84 Å². The first-order valence-electron chi connectivity index (χ1n) is 3.99. The maximum absolute atomic E-state index is 10.8. The highest BCUT2D eigenvalue weighted by Gasteiger charge is 2.00. The van der Waals surface area contributed by atoms with E-state index in [-0.39, 0.29) is 0 Å². The van der Waals surface area contributed by atoms with E-state index in [0.29, 0.717) is 16.3 Å². The summed E-state index contributed by atoms with van der Waals surface area (Å²) in [6.45, 7) is 0. The molecule has 1 aromatic rings. The first kappa shape index (κ1) is 11.9. The lowest BCUT2D eigenvalue weighted by Crippen LogP contribution is -1.89. The minimum atomic E-state index is -3.31. The largest absolute Gasteiger partial charge is 0.497 e. The predicted octanol–water partition coefficient (Wildman–Crippen LogP) is 1.70. The van der Waals surface area contributed by atoms with E-state index in [1.165, 1.54) is 7.11 Å². The van der Waals surface area contributed by atoms with Crippen LogP contribution in [0, 0.1) is 11.2 Å². The molecule has 0 heterocycles. The normalized spacial score (nSPS) is 10.3. The van der Waals surface area contributed by atoms with E-state index in [4.69, 9.17) is 16.3 Å². The Balaban J connectivity index is 3.11. The average molecular weight is 245 g/mol. The molecule has 0 bridgehead atoms. The topological polar surface area (TPSA) is 43.4 Å². The van der Waals surface area contributed by atoms with Crippen LogP contribution in [-0.2, 0) is 9.84 Å². The molecular formula is C10H9ClO3S. The summed E-state index contributed by atoms with van der Waals surface area (Å²) in [7, 11) is -1.78. The molecule has 1 aromatic carbocycles. The molecule has 0 aliphatic heterocycles. The van der Waals surface area contributed by atoms with Crippen LogP contribution >= 0.6 is 11.6 Å². The monoisotopic (exact) mass is 244 g/mol. The van der Waals surface area contributed by atoms with Crippen LogP contribution in [0.3, 0.4) is 0 Å². The van der Waals surface area contributed by atoms with Gasteiger partial charge in [0.25, 0.3) is 0 Å². The lowest BCUT2D eigenvalue weighted by Gasteiger charge is -2.00. The van der Waals surface area contributed by atoms with E-state index in [2.05, 4.69) is 11.2 Å². The Bertz CT molecular complexity index is 523. The number of halogens is 1. The SMILES string of the molecule is COc1ccc(C#CS(C)(=O)=O)c(Cl)c1. The molecule has 1 rings (SSSR count). The van der Waals surface area contributed by atoms with Crippen molar-refractivity contribution in [2.75, 3.05) is 13.4 Å². The number of rotatable bonds is 1. The van der Waals surface area contributed by atoms with Crippen molar-refractivity contribution in [2.24, 2.45) is 0 Å². The van der Waals surface area contributed by atoms with Crippen LogP contribution < -0.4 is 4.74 Å². The second kappa shape index (κ2) is 4.56. The van der Waals surface area contributed by atoms with Crippen molar-refractivity contribution in [3.8, 4) is 16.9 Å². The highest BCUT2D eigenvalue weighted by atomic mass is 35.5. The third kappa shape index (κ3) is 3.82. The van der Waals surface area contributed by atoms with Crippen LogP contribution in [0.5, 0.6) is 5.75 Å². The third-order valence-electron chi connectivity index (χ3n) is 1.55. The van der Waals surface area contributed by atoms with Crippen LogP contribution in [0.15, 0.2) is 18.2 Å². The van der Waals surface area contributed by atoms with Gasteiger partial charge >= 0.3 is 0 Å². The van der Waals surface area contributed by atoms with Crippen molar-refractivity contribution in [1.82, 2.24) is 0 Å². The highest BCUT2D eigenvalue weighted by molar-refractivity contribution is 7.95. The summed E-state index contributed by atoms with van der Waals surface area (Å²) in [4.78, 5) is 0. The van der Waals surface area contributed by atoms with Crippen LogP contribution in [0.4, 0.5) is 0 Å². The Labute approximate surface area is 93.9 Å². The first-order valence-corrected chi connectivity index (χ1v) is 6.25. The van der Waals surface area contributed by atoms with Crippen molar-refractivity contribution in [1.29, 1.82) is 0 Å². The molecule has 0 saturated heterocycles. The number of hydrogen-bond donors (Lipinski definition) is 0. The molecule has 0 unspecified atom stereocenters. The second-order valence-electron chi connectivity index (χ2n) is 2.85. The quantitative estimate of drug-likeness (QED) is 0.707. The van der Waals surface area contributed by atoms with E-state index in [9.17, 15) is 8.42 Å². The van der Waals surface area contributed by atoms with Gasteiger partial charge in [-0.15, -0.1) is 0 Å². The van der Waals surface area contributed by atoms with Gasteiger partial charge in [0.2, 0.25) is 9.84 Å². The number of sulfone groups is 1. The smallest absolute Gasteiger partial charge is 0.214 e. The zero-order chi connectivity index (χ0) is 11.5. The average Bonchev–Trinajstić information content (AvgIpc) is 2.14. The van der Waals surface area contributed by atoms with Crippen molar-refractivity contribution >= 4 is 21.4 Å². The molecular weight excluding hydrogens is 236 g/mol. The number of hydrogen-bond acceptors (Lipinski definition) is 3. The zero-order valence-electron chi connectivity index (χ0n) is 8.24. The van der Waals surface area contributed by atoms with Crippen LogP contribution in [-0.4, -0.2) is 21.8 Å². The molecule has 3 nitrogen and oxygen atoms in total. The second-order valence-corrected chi connectivity index (χ2v) is 5.00. The minimum absolute atomic E-state index is 0.366. The van der Waals surface area contributed by atoms with Gasteiger partial charge in [0, 0.05) is 10.8 Å². The molecule has 0 N–H and O–H groups in total. The maximum atomic E-state index is 10.8. The van der Waals surface area contributed by atoms with E-state index >= 15 is 0 Å². The van der Waals surface area contributed by atoms with Gasteiger partial charge in [-0.05, 0) is 24.1 Å². The van der Waals surface area contributed by atoms with Crippen molar-refractivity contribution in [3.05, 3.63) is 28.8 Å². The van der Waals surface area contributed by atoms with Crippen molar-refractivity contribution < 1.29 is 13.2 Å². The Morgan fingerprint density at radius 3 is 2.53 bits per heavy atom. The Kier molecular flexibility index (Phi) is 3.61. The van der Waals surface area contributed by atoms with Gasteiger partial charge in [-0.3, -0.25) is 0 Å². The Hall–Kier alpha value is -1.18. The van der Waals surface area contributed by atoms with Gasteiger partial charge in [-0.25, -0.2) is 8.42 Å². The molecule has 0 radical (unpaired) electrons. The molecule has 0 aromatic heterocycles. The molecule has 5 heteroatoms. The summed E-state index contributed by atoms with van der Waals surface area (Å²) in [6, 6.07) is 4.85. The van der Waals surface area contributed by atoms with Crippen LogP contribution in [0.2, 0.25) is 5.02 Å². The zero-order valence-corrected chi connectivity index (χ0v) is 9.82. The fourth-order valence-electron chi connectivity index (χ4n) is 0.872. The molecule has 15 heavy (non-hydrogen) atoms. The van der Waals surface area contributed by atoms with Gasteiger partial charge in [-0.1, -0.05) is 11.6 Å². The molecule has 0 atom stereocenters. The first-order chi connectivity index (χ1) is 6.92. The lowest BCUT2D eigenvalue weighted by molar-refractivity contribution is 0.415. The fraction of sp³-hybridized carbons (Fsp3) is 0.200. The Morgan fingerprint density at radius 1 is 1.40 bits per heavy atom. The predicted molar refractivity (Wildman–Crippen MR) is 59.7 cm³/mol. The standard InChI is InChI=1S/C10H9ClO3S/c1-14-9-4-3-8(10(11)7-9)5-6-15(2,12)13/h3-4,7H,1-2H3. The molecule has 0 aliphatic rings. The summed E-state index contributed by atoms with van der Waals surface area (Å²) >= 11 is 5.86. The third-order valence-corrected chi connectivity index (χ3v) is 2.33. The van der Waals surface area contributed by atoms with Gasteiger partial charge < -0.3 is 4.74 Å². The van der Waals surface area contributed by atoms with Crippen molar-refractivity contribution in [2.45, 2.75) is 0 Å². The van der Waals surface area contributed by atoms with Crippen molar-refractivity contribution in [3.63, 3.8) is 0 Å². The number of methoxy groups -OCH3 is 1. The van der Waals surface area contributed by atoms with Crippen LogP contribution in [0.1, 0.15) is 5.56 Å². The molecule has 0 saturated carbocycles. The summed E-state index contributed by atoms with van der Waals surface area (Å²) in [5.74, 6) is 3.08. The summed E-state index contributed by atoms with van der Waals surface area (Å²) in [5, 5.41) is 2.48. The number of benzene rings is 1. The molecule has 80 valence electrons. The maximum Gasteiger partial charge on any atom is 0.214 e. The van der Waals surface area contributed by atoms with Gasteiger partial charge in [0.15, 0.2) is 0 Å². The van der Waals surface area contributed by atoms with E-state index in [1.807, 2.05) is 0 Å². The lowest BCUT2D eigenvalue weighted by atomic mass is 10.2. The van der Waals surface area contributed by atoms with Gasteiger partial charge in [0.05, 0.1) is 18.4 Å². The Morgan fingerprint density at radius 2 is 2.07 bits per heavy atom. The molecule has 0 amide bonds. The van der Waals surface area contributed by atoms with E-state index in [0.717, 1.165) is 6.26 Å². The molecule has 0 aliphatic carbocycles. The fourth-order valence-corrected chi connectivity index (χ4v) is 1.38. The molecule has 0 spiro atoms. The van der Waals surface area contributed by atoms with Crippen LogP contribution in [0.25, 0.3) is 0 Å². The number of ether oxygens (including phenoxy) is 1. The molecule has 0 fully saturated rings. The summed E-state index contributed by atoms with van der Waals surface area (Å²) in [5.41, 5.74) is 0.461. The van der Waals surface area contributed by atoms with Gasteiger partial charge in [-0.2, -0.15) is 0 Å². The van der Waals surface area contributed by atoms with E-state index in [1.54, 1.807) is 18.2 Å². The minimum Gasteiger partial charge on any atom is -0.497 e.